The molecule has 108 valence electrons. The highest BCUT2D eigenvalue weighted by atomic mass is 79.9. The van der Waals surface area contributed by atoms with Crippen LogP contribution in [-0.4, -0.2) is 20.1 Å². The Morgan fingerprint density at radius 3 is 2.70 bits per heavy atom. The van der Waals surface area contributed by atoms with Gasteiger partial charge in [0.1, 0.15) is 10.6 Å². The molecule has 1 heterocycles. The first-order valence-corrected chi connectivity index (χ1v) is 8.14. The van der Waals surface area contributed by atoms with Gasteiger partial charge in [-0.05, 0) is 29.8 Å². The summed E-state index contributed by atoms with van der Waals surface area (Å²) in [5.41, 5.74) is 0.894. The monoisotopic (exact) mass is 358 g/mol. The lowest BCUT2D eigenvalue weighted by atomic mass is 10.3. The molecule has 0 aliphatic rings. The predicted octanol–water partition coefficient (Wildman–Crippen LogP) is 2.27. The number of rotatable bonds is 5. The second-order valence-corrected chi connectivity index (χ2v) is 6.96. The van der Waals surface area contributed by atoms with Gasteiger partial charge in [0.15, 0.2) is 0 Å². The average Bonchev–Trinajstić information content (AvgIpc) is 2.82. The highest BCUT2D eigenvalue weighted by molar-refractivity contribution is 9.10. The molecule has 20 heavy (non-hydrogen) atoms. The van der Waals surface area contributed by atoms with Gasteiger partial charge in [0, 0.05) is 30.5 Å². The largest absolute Gasteiger partial charge is 0.495 e. The first kappa shape index (κ1) is 15.1. The molecule has 5 nitrogen and oxygen atoms in total. The van der Waals surface area contributed by atoms with Gasteiger partial charge < -0.3 is 9.30 Å². The van der Waals surface area contributed by atoms with E-state index in [-0.39, 0.29) is 11.4 Å². The van der Waals surface area contributed by atoms with E-state index in [0.717, 1.165) is 5.56 Å². The van der Waals surface area contributed by atoms with E-state index in [1.165, 1.54) is 13.2 Å². The first-order valence-electron chi connectivity index (χ1n) is 5.86. The van der Waals surface area contributed by atoms with E-state index in [0.29, 0.717) is 10.2 Å². The van der Waals surface area contributed by atoms with Gasteiger partial charge in [-0.2, -0.15) is 0 Å². The van der Waals surface area contributed by atoms with Gasteiger partial charge in [0.25, 0.3) is 0 Å². The van der Waals surface area contributed by atoms with Crippen LogP contribution in [0.1, 0.15) is 5.56 Å². The summed E-state index contributed by atoms with van der Waals surface area (Å²) in [5, 5.41) is 0. The fourth-order valence-corrected chi connectivity index (χ4v) is 3.51. The third-order valence-corrected chi connectivity index (χ3v) is 4.69. The molecular weight excluding hydrogens is 344 g/mol. The van der Waals surface area contributed by atoms with Crippen molar-refractivity contribution in [1.82, 2.24) is 9.29 Å². The number of hydrogen-bond acceptors (Lipinski definition) is 3. The van der Waals surface area contributed by atoms with Crippen molar-refractivity contribution in [2.45, 2.75) is 11.4 Å². The molecule has 0 bridgehead atoms. The fraction of sp³-hybridized carbons (Fsp3) is 0.231. The van der Waals surface area contributed by atoms with Crippen molar-refractivity contribution < 1.29 is 13.2 Å². The van der Waals surface area contributed by atoms with Crippen molar-refractivity contribution in [2.75, 3.05) is 7.11 Å². The lowest BCUT2D eigenvalue weighted by Gasteiger charge is -2.10. The lowest BCUT2D eigenvalue weighted by Crippen LogP contribution is -2.23. The lowest BCUT2D eigenvalue weighted by molar-refractivity contribution is 0.402. The van der Waals surface area contributed by atoms with Gasteiger partial charge in [-0.1, -0.05) is 15.9 Å². The van der Waals surface area contributed by atoms with Gasteiger partial charge in [-0.15, -0.1) is 0 Å². The van der Waals surface area contributed by atoms with Gasteiger partial charge in [-0.25, -0.2) is 13.1 Å². The molecule has 0 aliphatic carbocycles. The van der Waals surface area contributed by atoms with Crippen molar-refractivity contribution in [3.63, 3.8) is 0 Å². The topological polar surface area (TPSA) is 60.3 Å². The van der Waals surface area contributed by atoms with E-state index in [1.807, 2.05) is 30.1 Å². The molecule has 2 rings (SSSR count). The van der Waals surface area contributed by atoms with E-state index in [1.54, 1.807) is 12.1 Å². The Morgan fingerprint density at radius 1 is 1.35 bits per heavy atom. The van der Waals surface area contributed by atoms with Crippen molar-refractivity contribution >= 4 is 26.0 Å². The average molecular weight is 359 g/mol. The Bertz CT molecular complexity index is 710. The molecule has 0 atom stereocenters. The standard InChI is InChI=1S/C13H15BrN2O3S/c1-16-6-5-10(9-16)8-15-20(17,18)13-7-11(14)3-4-12(13)19-2/h3-7,9,15H,8H2,1-2H3. The van der Waals surface area contributed by atoms with Crippen molar-refractivity contribution in [2.24, 2.45) is 7.05 Å². The number of methoxy groups -OCH3 is 1. The molecule has 1 aromatic carbocycles. The Balaban J connectivity index is 2.24. The number of aromatic nitrogens is 1. The smallest absolute Gasteiger partial charge is 0.244 e. The maximum Gasteiger partial charge on any atom is 0.244 e. The quantitative estimate of drug-likeness (QED) is 0.891. The van der Waals surface area contributed by atoms with Crippen molar-refractivity contribution in [3.05, 3.63) is 46.7 Å². The number of nitrogens with zero attached hydrogens (tertiary/aromatic N) is 1. The molecule has 0 saturated carbocycles. The first-order chi connectivity index (χ1) is 9.42. The molecule has 0 radical (unpaired) electrons. The molecular formula is C13H15BrN2O3S. The molecule has 2 aromatic rings. The van der Waals surface area contributed by atoms with Crippen LogP contribution < -0.4 is 9.46 Å². The van der Waals surface area contributed by atoms with Gasteiger partial charge in [0.05, 0.1) is 7.11 Å². The number of sulfonamides is 1. The van der Waals surface area contributed by atoms with Gasteiger partial charge >= 0.3 is 0 Å². The molecule has 1 N–H and O–H groups in total. The Kier molecular flexibility index (Phi) is 4.52. The summed E-state index contributed by atoms with van der Waals surface area (Å²) in [4.78, 5) is 0.116. The summed E-state index contributed by atoms with van der Waals surface area (Å²) < 4.78 is 34.9. The second-order valence-electron chi connectivity index (χ2n) is 4.30. The van der Waals surface area contributed by atoms with Crippen LogP contribution >= 0.6 is 15.9 Å². The van der Waals surface area contributed by atoms with E-state index in [9.17, 15) is 8.42 Å². The number of nitrogens with one attached hydrogen (secondary N) is 1. The minimum atomic E-state index is -3.63. The number of ether oxygens (including phenoxy) is 1. The maximum absolute atomic E-state index is 12.3. The van der Waals surface area contributed by atoms with Crippen molar-refractivity contribution in [3.8, 4) is 5.75 Å². The molecule has 1 aromatic heterocycles. The van der Waals surface area contributed by atoms with E-state index >= 15 is 0 Å². The normalized spacial score (nSPS) is 11.6. The van der Waals surface area contributed by atoms with Crippen LogP contribution in [0.4, 0.5) is 0 Å². The van der Waals surface area contributed by atoms with E-state index < -0.39 is 10.0 Å². The van der Waals surface area contributed by atoms with Crippen LogP contribution in [0, 0.1) is 0 Å². The number of halogens is 1. The Hall–Kier alpha value is -1.31. The Morgan fingerprint density at radius 2 is 2.10 bits per heavy atom. The maximum atomic E-state index is 12.3. The summed E-state index contributed by atoms with van der Waals surface area (Å²) in [5.74, 6) is 0.314. The Labute approximate surface area is 126 Å². The third kappa shape index (κ3) is 3.41. The van der Waals surface area contributed by atoms with Crippen LogP contribution in [0.25, 0.3) is 0 Å². The molecule has 0 aliphatic heterocycles. The highest BCUT2D eigenvalue weighted by Gasteiger charge is 2.19. The summed E-state index contributed by atoms with van der Waals surface area (Å²) >= 11 is 3.27. The van der Waals surface area contributed by atoms with Crippen LogP contribution in [0.15, 0.2) is 46.0 Å². The fourth-order valence-electron chi connectivity index (χ4n) is 1.78. The molecule has 0 unspecified atom stereocenters. The SMILES string of the molecule is COc1ccc(Br)cc1S(=O)(=O)NCc1ccn(C)c1. The number of hydrogen-bond donors (Lipinski definition) is 1. The highest BCUT2D eigenvalue weighted by Crippen LogP contribution is 2.27. The van der Waals surface area contributed by atoms with Crippen LogP contribution in [-0.2, 0) is 23.6 Å². The summed E-state index contributed by atoms with van der Waals surface area (Å²) in [6.07, 6.45) is 3.73. The summed E-state index contributed by atoms with van der Waals surface area (Å²) in [6.45, 7) is 0.235. The number of benzene rings is 1. The molecule has 0 saturated heterocycles. The zero-order valence-corrected chi connectivity index (χ0v) is 13.5. The third-order valence-electron chi connectivity index (χ3n) is 2.77. The molecule has 7 heteroatoms. The predicted molar refractivity (Wildman–Crippen MR) is 80.1 cm³/mol. The minimum Gasteiger partial charge on any atom is -0.495 e. The van der Waals surface area contributed by atoms with E-state index in [4.69, 9.17) is 4.74 Å². The molecule has 0 amide bonds. The zero-order valence-electron chi connectivity index (χ0n) is 11.1. The second kappa shape index (κ2) is 5.99. The molecule has 0 spiro atoms. The van der Waals surface area contributed by atoms with Crippen LogP contribution in [0.3, 0.4) is 0 Å². The van der Waals surface area contributed by atoms with Crippen LogP contribution in [0.2, 0.25) is 0 Å². The van der Waals surface area contributed by atoms with Gasteiger partial charge in [0.2, 0.25) is 10.0 Å². The van der Waals surface area contributed by atoms with Crippen LogP contribution in [0.5, 0.6) is 5.75 Å². The van der Waals surface area contributed by atoms with Gasteiger partial charge in [-0.3, -0.25) is 0 Å². The minimum absolute atomic E-state index is 0.116. The summed E-state index contributed by atoms with van der Waals surface area (Å²) in [7, 11) is -0.301. The zero-order chi connectivity index (χ0) is 14.8. The molecule has 0 fully saturated rings. The van der Waals surface area contributed by atoms with Crippen molar-refractivity contribution in [1.29, 1.82) is 0 Å². The summed E-state index contributed by atoms with van der Waals surface area (Å²) in [6, 6.07) is 6.73. The number of aryl methyl sites for hydroxylation is 1. The van der Waals surface area contributed by atoms with E-state index in [2.05, 4.69) is 20.7 Å².